The quantitative estimate of drug-likeness (QED) is 0.0264. The molecule has 0 aliphatic rings. The predicted molar refractivity (Wildman–Crippen MR) is 413 cm³/mol. The van der Waals surface area contributed by atoms with E-state index in [-0.39, 0.29) is 38.6 Å². The SMILES string of the molecule is CC/C=C\C/C=C\C/C=C\C/C=C\C/C=C\C/C=C\C/C=C\C/C=C\C/C=C\CCCCCCCCCCCC(=O)OC(COC(=O)CCCCCCCCCCCCCCCCCCCCCCCC/C=C\C/C=C\C/C=C\CCCCCCC)COP(=O)(O)OCCN. The average molecular weight is 1340 g/mol. The van der Waals surface area contributed by atoms with Crippen molar-refractivity contribution in [1.29, 1.82) is 0 Å². The fourth-order valence-electron chi connectivity index (χ4n) is 10.9. The molecule has 0 heterocycles. The minimum atomic E-state index is -4.41. The van der Waals surface area contributed by atoms with E-state index in [9.17, 15) is 19.0 Å². The van der Waals surface area contributed by atoms with Gasteiger partial charge in [0.2, 0.25) is 0 Å². The number of carbonyl (C=O) groups is 2. The summed E-state index contributed by atoms with van der Waals surface area (Å²) < 4.78 is 33.3. The molecule has 0 bridgehead atoms. The fraction of sp³-hybridized carbons (Fsp3) is 0.694. The van der Waals surface area contributed by atoms with Gasteiger partial charge in [0.1, 0.15) is 6.61 Å². The summed E-state index contributed by atoms with van der Waals surface area (Å²) in [6.45, 7) is 3.64. The lowest BCUT2D eigenvalue weighted by molar-refractivity contribution is -0.161. The molecular weight excluding hydrogens is 1190 g/mol. The first-order valence-electron chi connectivity index (χ1n) is 39.3. The molecule has 0 rings (SSSR count). The van der Waals surface area contributed by atoms with E-state index in [1.165, 1.54) is 199 Å². The number of ether oxygens (including phenoxy) is 2. The van der Waals surface area contributed by atoms with Gasteiger partial charge < -0.3 is 20.1 Å². The number of unbranched alkanes of at least 4 members (excludes halogenated alkanes) is 36. The van der Waals surface area contributed by atoms with E-state index in [1.807, 2.05) is 0 Å². The van der Waals surface area contributed by atoms with Gasteiger partial charge in [0.25, 0.3) is 0 Å². The van der Waals surface area contributed by atoms with Crippen molar-refractivity contribution >= 4 is 19.8 Å². The zero-order chi connectivity index (χ0) is 68.6. The first kappa shape index (κ1) is 90.9. The second-order valence-electron chi connectivity index (χ2n) is 25.8. The molecule has 0 radical (unpaired) electrons. The zero-order valence-electron chi connectivity index (χ0n) is 61.4. The molecule has 0 saturated carbocycles. The molecule has 0 amide bonds. The molecule has 0 aromatic heterocycles. The highest BCUT2D eigenvalue weighted by Crippen LogP contribution is 2.43. The Morgan fingerprint density at radius 3 is 0.863 bits per heavy atom. The summed E-state index contributed by atoms with van der Waals surface area (Å²) in [6.07, 6.45) is 114. The van der Waals surface area contributed by atoms with E-state index in [1.54, 1.807) is 0 Å². The molecule has 3 N–H and O–H groups in total. The van der Waals surface area contributed by atoms with Crippen LogP contribution in [0.15, 0.2) is 146 Å². The molecule has 0 fully saturated rings. The standard InChI is InChI=1S/C85H146NO8P/c1-3-5-7-9-11-13-15-17-19-21-23-25-27-29-31-33-35-37-39-41-43-45-47-49-51-53-55-57-59-61-63-65-67-69-71-73-75-77-84(87)91-81-83(82-93-95(89,90)92-80-79-86)94-85(88)78-76-74-72-70-68-66-64-62-60-58-56-54-52-50-48-46-44-42-40-38-36-34-32-30-28-26-24-22-20-18-16-14-12-10-8-6-4-2/h6,8,12,14-15,17-18,20-21,23-24,26-27,29-30,32,36,38,42,44,48,50,54,56,83H,3-5,7,9-11,13,16,19,22,25,28,31,33-35,37,39-41,43,45-47,49,51-53,55,57-82,86H2,1-2H3,(H,89,90)/b8-6-,14-12-,17-15-,20-18-,23-21-,26-24-,29-27-,32-30-,38-36-,44-42-,50-48-,56-54-. The second kappa shape index (κ2) is 78.9. The number of hydrogen-bond acceptors (Lipinski definition) is 8. The molecule has 2 atom stereocenters. The molecule has 0 aromatic rings. The highest BCUT2D eigenvalue weighted by Gasteiger charge is 2.26. The molecular formula is C85H146NO8P. The number of rotatable bonds is 73. The van der Waals surface area contributed by atoms with Crippen molar-refractivity contribution in [2.45, 2.75) is 354 Å². The van der Waals surface area contributed by atoms with Crippen LogP contribution in [0.5, 0.6) is 0 Å². The van der Waals surface area contributed by atoms with Gasteiger partial charge in [0.15, 0.2) is 6.10 Å². The van der Waals surface area contributed by atoms with Gasteiger partial charge in [0.05, 0.1) is 13.2 Å². The molecule has 0 saturated heterocycles. The first-order valence-corrected chi connectivity index (χ1v) is 40.8. The number of esters is 2. The van der Waals surface area contributed by atoms with Crippen molar-refractivity contribution < 1.29 is 37.6 Å². The van der Waals surface area contributed by atoms with Crippen molar-refractivity contribution in [2.24, 2.45) is 5.73 Å². The smallest absolute Gasteiger partial charge is 0.462 e. The van der Waals surface area contributed by atoms with Crippen LogP contribution in [0.4, 0.5) is 0 Å². The summed E-state index contributed by atoms with van der Waals surface area (Å²) in [5.74, 6) is -0.830. The van der Waals surface area contributed by atoms with Gasteiger partial charge in [0, 0.05) is 19.4 Å². The van der Waals surface area contributed by atoms with Crippen LogP contribution in [0.3, 0.4) is 0 Å². The van der Waals surface area contributed by atoms with Gasteiger partial charge in [-0.15, -0.1) is 0 Å². The number of carbonyl (C=O) groups excluding carboxylic acids is 2. The molecule has 0 aromatic carbocycles. The summed E-state index contributed by atoms with van der Waals surface area (Å²) in [5.41, 5.74) is 5.41. The molecule has 0 aliphatic carbocycles. The van der Waals surface area contributed by atoms with E-state index in [2.05, 4.69) is 160 Å². The third kappa shape index (κ3) is 78.8. The molecule has 10 heteroatoms. The van der Waals surface area contributed by atoms with Gasteiger partial charge in [-0.05, 0) is 122 Å². The van der Waals surface area contributed by atoms with Crippen molar-refractivity contribution in [3.05, 3.63) is 146 Å². The molecule has 9 nitrogen and oxygen atoms in total. The third-order valence-corrected chi connectivity index (χ3v) is 17.7. The van der Waals surface area contributed by atoms with Gasteiger partial charge in [-0.1, -0.05) is 359 Å². The van der Waals surface area contributed by atoms with Crippen LogP contribution in [0.2, 0.25) is 0 Å². The summed E-state index contributed by atoms with van der Waals surface area (Å²) in [6, 6.07) is 0. The van der Waals surface area contributed by atoms with Crippen LogP contribution in [0, 0.1) is 0 Å². The molecule has 0 spiro atoms. The third-order valence-electron chi connectivity index (χ3n) is 16.7. The highest BCUT2D eigenvalue weighted by molar-refractivity contribution is 7.47. The van der Waals surface area contributed by atoms with Crippen molar-refractivity contribution in [2.75, 3.05) is 26.4 Å². The minimum Gasteiger partial charge on any atom is -0.462 e. The monoisotopic (exact) mass is 1340 g/mol. The Balaban J connectivity index is 3.87. The van der Waals surface area contributed by atoms with Crippen LogP contribution < -0.4 is 5.73 Å². The number of allylic oxidation sites excluding steroid dienone is 24. The van der Waals surface area contributed by atoms with Crippen LogP contribution in [0.25, 0.3) is 0 Å². The van der Waals surface area contributed by atoms with E-state index in [0.717, 1.165) is 116 Å². The topological polar surface area (TPSA) is 134 Å². The predicted octanol–water partition coefficient (Wildman–Crippen LogP) is 26.5. The Hall–Kier alpha value is -4.11. The van der Waals surface area contributed by atoms with Crippen LogP contribution >= 0.6 is 7.82 Å². The Morgan fingerprint density at radius 1 is 0.326 bits per heavy atom. The van der Waals surface area contributed by atoms with Crippen LogP contribution in [-0.4, -0.2) is 49.3 Å². The van der Waals surface area contributed by atoms with Gasteiger partial charge in [-0.25, -0.2) is 4.57 Å². The fourth-order valence-corrected chi connectivity index (χ4v) is 11.7. The van der Waals surface area contributed by atoms with E-state index < -0.39 is 26.5 Å². The molecule has 2 unspecified atom stereocenters. The van der Waals surface area contributed by atoms with E-state index >= 15 is 0 Å². The van der Waals surface area contributed by atoms with Crippen LogP contribution in [-0.2, 0) is 32.7 Å². The maximum Gasteiger partial charge on any atom is 0.472 e. The molecule has 95 heavy (non-hydrogen) atoms. The number of nitrogens with two attached hydrogens (primary N) is 1. The second-order valence-corrected chi connectivity index (χ2v) is 27.3. The summed E-state index contributed by atoms with van der Waals surface area (Å²) in [4.78, 5) is 35.5. The Kier molecular flexibility index (Phi) is 75.5. The Morgan fingerprint density at radius 2 is 0.579 bits per heavy atom. The minimum absolute atomic E-state index is 0.0474. The van der Waals surface area contributed by atoms with Crippen LogP contribution in [0.1, 0.15) is 348 Å². The number of phosphoric acid groups is 1. The van der Waals surface area contributed by atoms with Gasteiger partial charge in [-0.2, -0.15) is 0 Å². The van der Waals surface area contributed by atoms with Crippen molar-refractivity contribution in [3.8, 4) is 0 Å². The zero-order valence-corrected chi connectivity index (χ0v) is 62.3. The van der Waals surface area contributed by atoms with Crippen molar-refractivity contribution in [1.82, 2.24) is 0 Å². The molecule has 0 aliphatic heterocycles. The summed E-state index contributed by atoms with van der Waals surface area (Å²) in [5, 5.41) is 0. The number of hydrogen-bond donors (Lipinski definition) is 2. The Bertz CT molecular complexity index is 2080. The van der Waals surface area contributed by atoms with E-state index in [4.69, 9.17) is 24.3 Å². The lowest BCUT2D eigenvalue weighted by Crippen LogP contribution is -2.29. The summed E-state index contributed by atoms with van der Waals surface area (Å²) >= 11 is 0. The van der Waals surface area contributed by atoms with Crippen molar-refractivity contribution in [3.63, 3.8) is 0 Å². The van der Waals surface area contributed by atoms with Gasteiger partial charge >= 0.3 is 19.8 Å². The highest BCUT2D eigenvalue weighted by atomic mass is 31.2. The lowest BCUT2D eigenvalue weighted by Gasteiger charge is -2.19. The first-order chi connectivity index (χ1) is 46.8. The van der Waals surface area contributed by atoms with Gasteiger partial charge in [-0.3, -0.25) is 18.6 Å². The Labute approximate surface area is 586 Å². The summed E-state index contributed by atoms with van der Waals surface area (Å²) in [7, 11) is -4.41. The number of phosphoric ester groups is 1. The normalized spacial score (nSPS) is 13.7. The van der Waals surface area contributed by atoms with E-state index in [0.29, 0.717) is 6.42 Å². The largest absolute Gasteiger partial charge is 0.472 e. The lowest BCUT2D eigenvalue weighted by atomic mass is 10.0. The maximum atomic E-state index is 12.8. The maximum absolute atomic E-state index is 12.8. The molecule has 544 valence electrons. The average Bonchev–Trinajstić information content (AvgIpc) is 2.64.